The molecule has 0 radical (unpaired) electrons. The summed E-state index contributed by atoms with van der Waals surface area (Å²) in [5, 5.41) is 13.0. The van der Waals surface area contributed by atoms with Gasteiger partial charge in [0.1, 0.15) is 0 Å². The molecule has 100 valence electrons. The molecule has 0 amide bonds. The SMILES string of the molecule is CCCOc1cc(C(=O)O)nn1C1CCCCO1. The fourth-order valence-corrected chi connectivity index (χ4v) is 1.92. The second kappa shape index (κ2) is 5.86. The van der Waals surface area contributed by atoms with E-state index in [0.29, 0.717) is 19.1 Å². The van der Waals surface area contributed by atoms with Gasteiger partial charge < -0.3 is 14.6 Å². The number of nitrogens with zero attached hydrogens (tertiary/aromatic N) is 2. The van der Waals surface area contributed by atoms with Gasteiger partial charge in [0.05, 0.1) is 6.61 Å². The Morgan fingerprint density at radius 1 is 1.67 bits per heavy atom. The maximum Gasteiger partial charge on any atom is 0.356 e. The predicted octanol–water partition coefficient (Wildman–Crippen LogP) is 2.07. The first-order valence-corrected chi connectivity index (χ1v) is 6.29. The summed E-state index contributed by atoms with van der Waals surface area (Å²) in [5.41, 5.74) is -0.00437. The number of carboxylic acid groups (broad SMARTS) is 1. The number of ether oxygens (including phenoxy) is 2. The maximum absolute atomic E-state index is 11.0. The van der Waals surface area contributed by atoms with E-state index in [2.05, 4.69) is 5.10 Å². The molecule has 0 aliphatic carbocycles. The van der Waals surface area contributed by atoms with Crippen molar-refractivity contribution < 1.29 is 19.4 Å². The van der Waals surface area contributed by atoms with Crippen LogP contribution in [0.4, 0.5) is 0 Å². The number of rotatable bonds is 5. The van der Waals surface area contributed by atoms with Gasteiger partial charge in [-0.1, -0.05) is 6.92 Å². The summed E-state index contributed by atoms with van der Waals surface area (Å²) < 4.78 is 12.7. The van der Waals surface area contributed by atoms with Crippen LogP contribution in [0.1, 0.15) is 49.3 Å². The molecule has 0 aromatic carbocycles. The number of carboxylic acids is 1. The van der Waals surface area contributed by atoms with Crippen LogP contribution in [-0.2, 0) is 4.74 Å². The first-order valence-electron chi connectivity index (χ1n) is 6.29. The zero-order valence-electron chi connectivity index (χ0n) is 10.5. The average molecular weight is 254 g/mol. The lowest BCUT2D eigenvalue weighted by atomic mass is 10.2. The minimum atomic E-state index is -1.05. The summed E-state index contributed by atoms with van der Waals surface area (Å²) in [6, 6.07) is 1.45. The third kappa shape index (κ3) is 2.81. The highest BCUT2D eigenvalue weighted by atomic mass is 16.5. The lowest BCUT2D eigenvalue weighted by Crippen LogP contribution is -2.20. The van der Waals surface area contributed by atoms with Gasteiger partial charge >= 0.3 is 5.97 Å². The van der Waals surface area contributed by atoms with Crippen molar-refractivity contribution in [3.05, 3.63) is 11.8 Å². The maximum atomic E-state index is 11.0. The summed E-state index contributed by atoms with van der Waals surface area (Å²) >= 11 is 0. The molecule has 1 aliphatic heterocycles. The van der Waals surface area contributed by atoms with Crippen molar-refractivity contribution in [2.45, 2.75) is 38.8 Å². The molecule has 1 saturated heterocycles. The van der Waals surface area contributed by atoms with E-state index in [9.17, 15) is 4.79 Å². The fourth-order valence-electron chi connectivity index (χ4n) is 1.92. The Morgan fingerprint density at radius 2 is 2.50 bits per heavy atom. The minimum absolute atomic E-state index is 0.00437. The van der Waals surface area contributed by atoms with Crippen molar-refractivity contribution in [3.8, 4) is 5.88 Å². The zero-order chi connectivity index (χ0) is 13.0. The third-order valence-corrected chi connectivity index (χ3v) is 2.80. The van der Waals surface area contributed by atoms with Crippen LogP contribution in [0.15, 0.2) is 6.07 Å². The Bertz CT molecular complexity index is 410. The number of aromatic carboxylic acids is 1. The van der Waals surface area contributed by atoms with Crippen molar-refractivity contribution in [2.75, 3.05) is 13.2 Å². The molecular weight excluding hydrogens is 236 g/mol. The number of aromatic nitrogens is 2. The highest BCUT2D eigenvalue weighted by molar-refractivity contribution is 5.85. The highest BCUT2D eigenvalue weighted by Crippen LogP contribution is 2.27. The van der Waals surface area contributed by atoms with E-state index >= 15 is 0 Å². The molecule has 0 spiro atoms. The molecule has 2 heterocycles. The van der Waals surface area contributed by atoms with Gasteiger partial charge in [0, 0.05) is 12.7 Å². The van der Waals surface area contributed by atoms with Crippen LogP contribution in [0, 0.1) is 0 Å². The van der Waals surface area contributed by atoms with Gasteiger partial charge in [0.15, 0.2) is 11.9 Å². The molecule has 0 bridgehead atoms. The van der Waals surface area contributed by atoms with E-state index in [-0.39, 0.29) is 11.9 Å². The molecule has 0 saturated carbocycles. The quantitative estimate of drug-likeness (QED) is 0.870. The van der Waals surface area contributed by atoms with Crippen LogP contribution in [0.25, 0.3) is 0 Å². The zero-order valence-corrected chi connectivity index (χ0v) is 10.5. The van der Waals surface area contributed by atoms with Crippen LogP contribution < -0.4 is 4.74 Å². The summed E-state index contributed by atoms with van der Waals surface area (Å²) in [6.45, 7) is 3.22. The summed E-state index contributed by atoms with van der Waals surface area (Å²) in [6.07, 6.45) is 3.58. The van der Waals surface area contributed by atoms with E-state index < -0.39 is 5.97 Å². The number of hydrogen-bond donors (Lipinski definition) is 1. The molecule has 6 heteroatoms. The van der Waals surface area contributed by atoms with Crippen LogP contribution in [0.5, 0.6) is 5.88 Å². The van der Waals surface area contributed by atoms with Gasteiger partial charge in [-0.25, -0.2) is 9.48 Å². The Morgan fingerprint density at radius 3 is 3.11 bits per heavy atom. The van der Waals surface area contributed by atoms with Crippen molar-refractivity contribution >= 4 is 5.97 Å². The van der Waals surface area contributed by atoms with Crippen molar-refractivity contribution in [1.29, 1.82) is 0 Å². The molecule has 6 nitrogen and oxygen atoms in total. The number of carbonyl (C=O) groups is 1. The lowest BCUT2D eigenvalue weighted by Gasteiger charge is -2.24. The van der Waals surface area contributed by atoms with Crippen LogP contribution >= 0.6 is 0 Å². The molecule has 2 rings (SSSR count). The molecule has 1 unspecified atom stereocenters. The summed E-state index contributed by atoms with van der Waals surface area (Å²) in [5.74, 6) is -0.577. The Labute approximate surface area is 106 Å². The molecule has 18 heavy (non-hydrogen) atoms. The molecule has 1 aromatic rings. The third-order valence-electron chi connectivity index (χ3n) is 2.80. The monoisotopic (exact) mass is 254 g/mol. The fraction of sp³-hybridized carbons (Fsp3) is 0.667. The Balaban J connectivity index is 2.21. The standard InChI is InChI=1S/C12H18N2O4/c1-2-6-17-11-8-9(12(15)16)13-14(11)10-5-3-4-7-18-10/h8,10H,2-7H2,1H3,(H,15,16). The largest absolute Gasteiger partial charge is 0.478 e. The Hall–Kier alpha value is -1.56. The summed E-state index contributed by atoms with van der Waals surface area (Å²) in [7, 11) is 0. The van der Waals surface area contributed by atoms with Crippen molar-refractivity contribution in [2.24, 2.45) is 0 Å². The van der Waals surface area contributed by atoms with Crippen LogP contribution in [0.2, 0.25) is 0 Å². The van der Waals surface area contributed by atoms with E-state index in [1.165, 1.54) is 6.07 Å². The second-order valence-corrected chi connectivity index (χ2v) is 4.29. The van der Waals surface area contributed by atoms with Crippen LogP contribution in [0.3, 0.4) is 0 Å². The molecule has 1 N–H and O–H groups in total. The van der Waals surface area contributed by atoms with Crippen LogP contribution in [-0.4, -0.2) is 34.1 Å². The average Bonchev–Trinajstić information content (AvgIpc) is 2.81. The summed E-state index contributed by atoms with van der Waals surface area (Å²) in [4.78, 5) is 11.0. The first kappa shape index (κ1) is 12.9. The van der Waals surface area contributed by atoms with E-state index in [0.717, 1.165) is 25.7 Å². The van der Waals surface area contributed by atoms with Gasteiger partial charge in [0.25, 0.3) is 0 Å². The Kier molecular flexibility index (Phi) is 4.19. The van der Waals surface area contributed by atoms with Gasteiger partial charge in [-0.05, 0) is 25.7 Å². The predicted molar refractivity (Wildman–Crippen MR) is 63.8 cm³/mol. The molecular formula is C12H18N2O4. The second-order valence-electron chi connectivity index (χ2n) is 4.29. The van der Waals surface area contributed by atoms with E-state index in [1.807, 2.05) is 6.92 Å². The van der Waals surface area contributed by atoms with Gasteiger partial charge in [0.2, 0.25) is 5.88 Å². The normalized spacial score (nSPS) is 19.7. The first-order chi connectivity index (χ1) is 8.72. The topological polar surface area (TPSA) is 73.6 Å². The molecule has 1 aromatic heterocycles. The highest BCUT2D eigenvalue weighted by Gasteiger charge is 2.23. The smallest absolute Gasteiger partial charge is 0.356 e. The molecule has 1 aliphatic rings. The van der Waals surface area contributed by atoms with Gasteiger partial charge in [-0.3, -0.25) is 0 Å². The number of hydrogen-bond acceptors (Lipinski definition) is 4. The van der Waals surface area contributed by atoms with Gasteiger partial charge in [-0.15, -0.1) is 0 Å². The van der Waals surface area contributed by atoms with Crippen molar-refractivity contribution in [3.63, 3.8) is 0 Å². The van der Waals surface area contributed by atoms with Crippen molar-refractivity contribution in [1.82, 2.24) is 9.78 Å². The van der Waals surface area contributed by atoms with E-state index in [4.69, 9.17) is 14.6 Å². The van der Waals surface area contributed by atoms with E-state index in [1.54, 1.807) is 4.68 Å². The molecule has 1 atom stereocenters. The van der Waals surface area contributed by atoms with Gasteiger partial charge in [-0.2, -0.15) is 5.10 Å². The minimum Gasteiger partial charge on any atom is -0.478 e. The molecule has 1 fully saturated rings. The lowest BCUT2D eigenvalue weighted by molar-refractivity contribution is -0.0441.